The van der Waals surface area contributed by atoms with Gasteiger partial charge >= 0.3 is 0 Å². The standard InChI is InChI=1S/C33H48/c1-3-5-7-9-11-13-15-29-18-22-31(23-19-29)33-26-24-32(25-27-33)30-20-16-28(17-21-30)14-12-10-8-6-4-2/h16-17,20-22,24-27,29H,3-15,18-19,23H2,1-2H3. The quantitative estimate of drug-likeness (QED) is 0.240. The van der Waals surface area contributed by atoms with Crippen LogP contribution in [0, 0.1) is 5.92 Å². The average Bonchev–Trinajstić information content (AvgIpc) is 2.87. The van der Waals surface area contributed by atoms with E-state index in [0.717, 1.165) is 5.92 Å². The lowest BCUT2D eigenvalue weighted by atomic mass is 9.83. The summed E-state index contributed by atoms with van der Waals surface area (Å²) in [6, 6.07) is 18.6. The fraction of sp³-hybridized carbons (Fsp3) is 0.576. The molecule has 0 heterocycles. The molecule has 0 bridgehead atoms. The molecular formula is C33H48. The molecule has 2 aromatic rings. The van der Waals surface area contributed by atoms with Gasteiger partial charge in [0.1, 0.15) is 0 Å². The van der Waals surface area contributed by atoms with E-state index in [9.17, 15) is 0 Å². The highest BCUT2D eigenvalue weighted by Crippen LogP contribution is 2.33. The first-order valence-corrected chi connectivity index (χ1v) is 14.2. The van der Waals surface area contributed by atoms with Crippen LogP contribution in [0.1, 0.15) is 121 Å². The number of unbranched alkanes of at least 4 members (excludes halogenated alkanes) is 9. The van der Waals surface area contributed by atoms with Crippen LogP contribution in [-0.2, 0) is 6.42 Å². The van der Waals surface area contributed by atoms with E-state index in [4.69, 9.17) is 0 Å². The minimum Gasteiger partial charge on any atom is -0.0804 e. The number of hydrogen-bond acceptors (Lipinski definition) is 0. The third-order valence-corrected chi connectivity index (χ3v) is 7.60. The summed E-state index contributed by atoms with van der Waals surface area (Å²) in [6.45, 7) is 4.58. The van der Waals surface area contributed by atoms with Gasteiger partial charge in [0.2, 0.25) is 0 Å². The van der Waals surface area contributed by atoms with Crippen LogP contribution in [0.4, 0.5) is 0 Å². The van der Waals surface area contributed by atoms with Crippen molar-refractivity contribution in [3.8, 4) is 11.1 Å². The minimum absolute atomic E-state index is 0.921. The Morgan fingerprint density at radius 1 is 0.606 bits per heavy atom. The summed E-state index contributed by atoms with van der Waals surface area (Å²) in [5.41, 5.74) is 7.16. The van der Waals surface area contributed by atoms with E-state index >= 15 is 0 Å². The SMILES string of the molecule is CCCCCCCCC1CC=C(c2ccc(-c3ccc(CCCCCCC)cc3)cc2)CC1. The molecule has 0 aromatic heterocycles. The fourth-order valence-corrected chi connectivity index (χ4v) is 5.30. The van der Waals surface area contributed by atoms with Crippen LogP contribution in [0.5, 0.6) is 0 Å². The zero-order valence-electron chi connectivity index (χ0n) is 21.6. The third-order valence-electron chi connectivity index (χ3n) is 7.60. The summed E-state index contributed by atoms with van der Waals surface area (Å²) in [5.74, 6) is 0.921. The molecule has 2 aromatic carbocycles. The molecule has 0 N–H and O–H groups in total. The predicted octanol–water partition coefficient (Wildman–Crippen LogP) is 10.8. The molecule has 0 nitrogen and oxygen atoms in total. The molecule has 0 spiro atoms. The van der Waals surface area contributed by atoms with Gasteiger partial charge in [0, 0.05) is 0 Å². The lowest BCUT2D eigenvalue weighted by Gasteiger charge is -2.22. The zero-order valence-corrected chi connectivity index (χ0v) is 21.6. The molecular weight excluding hydrogens is 396 g/mol. The van der Waals surface area contributed by atoms with E-state index in [2.05, 4.69) is 68.5 Å². The number of rotatable bonds is 15. The summed E-state index contributed by atoms with van der Waals surface area (Å²) in [4.78, 5) is 0. The molecule has 0 saturated carbocycles. The van der Waals surface area contributed by atoms with Crippen LogP contribution in [0.25, 0.3) is 16.7 Å². The Kier molecular flexibility index (Phi) is 11.8. The molecule has 0 amide bonds. The lowest BCUT2D eigenvalue weighted by molar-refractivity contribution is 0.423. The largest absolute Gasteiger partial charge is 0.0804 e. The van der Waals surface area contributed by atoms with Crippen molar-refractivity contribution in [3.63, 3.8) is 0 Å². The predicted molar refractivity (Wildman–Crippen MR) is 148 cm³/mol. The monoisotopic (exact) mass is 444 g/mol. The maximum Gasteiger partial charge on any atom is -0.0184 e. The first-order chi connectivity index (χ1) is 16.3. The van der Waals surface area contributed by atoms with Crippen molar-refractivity contribution in [2.75, 3.05) is 0 Å². The van der Waals surface area contributed by atoms with Crippen molar-refractivity contribution in [1.82, 2.24) is 0 Å². The van der Waals surface area contributed by atoms with E-state index < -0.39 is 0 Å². The molecule has 0 fully saturated rings. The molecule has 1 atom stereocenters. The van der Waals surface area contributed by atoms with Crippen LogP contribution in [0.15, 0.2) is 54.6 Å². The first-order valence-electron chi connectivity index (χ1n) is 14.2. The van der Waals surface area contributed by atoms with Gasteiger partial charge in [-0.1, -0.05) is 139 Å². The van der Waals surface area contributed by atoms with Crippen LogP contribution < -0.4 is 0 Å². The van der Waals surface area contributed by atoms with Gasteiger partial charge in [0.15, 0.2) is 0 Å². The number of allylic oxidation sites excluding steroid dienone is 2. The second kappa shape index (κ2) is 15.2. The maximum atomic E-state index is 2.54. The Hall–Kier alpha value is -1.82. The van der Waals surface area contributed by atoms with Crippen LogP contribution in [0.2, 0.25) is 0 Å². The molecule has 1 aliphatic carbocycles. The highest BCUT2D eigenvalue weighted by atomic mass is 14.2. The first kappa shape index (κ1) is 25.8. The Morgan fingerprint density at radius 3 is 1.76 bits per heavy atom. The smallest absolute Gasteiger partial charge is 0.0184 e. The van der Waals surface area contributed by atoms with Crippen molar-refractivity contribution in [2.45, 2.75) is 117 Å². The topological polar surface area (TPSA) is 0 Å². The van der Waals surface area contributed by atoms with Crippen LogP contribution in [-0.4, -0.2) is 0 Å². The molecule has 0 heteroatoms. The molecule has 3 rings (SSSR count). The number of hydrogen-bond donors (Lipinski definition) is 0. The van der Waals surface area contributed by atoms with Gasteiger partial charge in [0.05, 0.1) is 0 Å². The Balaban J connectivity index is 1.43. The van der Waals surface area contributed by atoms with Gasteiger partial charge in [-0.15, -0.1) is 0 Å². The second-order valence-corrected chi connectivity index (χ2v) is 10.4. The van der Waals surface area contributed by atoms with E-state index in [0.29, 0.717) is 0 Å². The highest BCUT2D eigenvalue weighted by molar-refractivity contribution is 5.71. The number of aryl methyl sites for hydroxylation is 1. The zero-order chi connectivity index (χ0) is 23.1. The molecule has 33 heavy (non-hydrogen) atoms. The van der Waals surface area contributed by atoms with Crippen LogP contribution in [0.3, 0.4) is 0 Å². The molecule has 0 aliphatic heterocycles. The van der Waals surface area contributed by atoms with E-state index in [1.165, 1.54) is 125 Å². The van der Waals surface area contributed by atoms with Gasteiger partial charge in [-0.05, 0) is 65.8 Å². The van der Waals surface area contributed by atoms with E-state index in [-0.39, 0.29) is 0 Å². The van der Waals surface area contributed by atoms with E-state index in [1.807, 2.05) is 0 Å². The van der Waals surface area contributed by atoms with Crippen molar-refractivity contribution in [2.24, 2.45) is 5.92 Å². The molecule has 0 radical (unpaired) electrons. The molecule has 0 saturated heterocycles. The summed E-state index contributed by atoms with van der Waals surface area (Å²) in [6.07, 6.45) is 24.4. The van der Waals surface area contributed by atoms with Crippen molar-refractivity contribution < 1.29 is 0 Å². The van der Waals surface area contributed by atoms with Gasteiger partial charge in [-0.3, -0.25) is 0 Å². The molecule has 1 aliphatic rings. The normalized spacial score (nSPS) is 16.1. The Labute approximate surface area is 204 Å². The van der Waals surface area contributed by atoms with Crippen LogP contribution >= 0.6 is 0 Å². The summed E-state index contributed by atoms with van der Waals surface area (Å²) in [7, 11) is 0. The van der Waals surface area contributed by atoms with Gasteiger partial charge in [-0.25, -0.2) is 0 Å². The van der Waals surface area contributed by atoms with E-state index in [1.54, 1.807) is 5.57 Å². The fourth-order valence-electron chi connectivity index (χ4n) is 5.30. The lowest BCUT2D eigenvalue weighted by Crippen LogP contribution is -2.05. The van der Waals surface area contributed by atoms with Crippen molar-refractivity contribution >= 4 is 5.57 Å². The third kappa shape index (κ3) is 9.15. The van der Waals surface area contributed by atoms with Crippen molar-refractivity contribution in [1.29, 1.82) is 0 Å². The van der Waals surface area contributed by atoms with Crippen molar-refractivity contribution in [3.05, 3.63) is 65.7 Å². The summed E-state index contributed by atoms with van der Waals surface area (Å²) < 4.78 is 0. The summed E-state index contributed by atoms with van der Waals surface area (Å²) in [5, 5.41) is 0. The Bertz CT molecular complexity index is 793. The molecule has 180 valence electrons. The minimum atomic E-state index is 0.921. The number of benzene rings is 2. The van der Waals surface area contributed by atoms with Gasteiger partial charge in [0.25, 0.3) is 0 Å². The Morgan fingerprint density at radius 2 is 1.15 bits per heavy atom. The molecule has 1 unspecified atom stereocenters. The average molecular weight is 445 g/mol. The van der Waals surface area contributed by atoms with Gasteiger partial charge in [-0.2, -0.15) is 0 Å². The summed E-state index contributed by atoms with van der Waals surface area (Å²) >= 11 is 0. The highest BCUT2D eigenvalue weighted by Gasteiger charge is 2.15. The maximum absolute atomic E-state index is 2.54. The second-order valence-electron chi connectivity index (χ2n) is 10.4. The van der Waals surface area contributed by atoms with Gasteiger partial charge < -0.3 is 0 Å².